The van der Waals surface area contributed by atoms with E-state index in [2.05, 4.69) is 36.9 Å². The molecule has 0 amide bonds. The van der Waals surface area contributed by atoms with Crippen molar-refractivity contribution in [3.63, 3.8) is 0 Å². The van der Waals surface area contributed by atoms with Crippen LogP contribution in [0.4, 0.5) is 0 Å². The standard InChI is InChI=1S/C12H25N3OS.HI/c1-12(2,3)10(17-4)9-14-11(13)15-5-7-16-8-6-15;/h10H,5-9H2,1-4H3,(H2,13,14);1H. The summed E-state index contributed by atoms with van der Waals surface area (Å²) in [6, 6.07) is 0. The summed E-state index contributed by atoms with van der Waals surface area (Å²) in [5.74, 6) is 0.664. The van der Waals surface area contributed by atoms with Crippen molar-refractivity contribution in [2.75, 3.05) is 39.1 Å². The highest BCUT2D eigenvalue weighted by Crippen LogP contribution is 2.28. The molecule has 1 aliphatic heterocycles. The fourth-order valence-corrected chi connectivity index (χ4v) is 2.70. The van der Waals surface area contributed by atoms with Crippen molar-refractivity contribution in [1.29, 1.82) is 0 Å². The first-order valence-corrected chi connectivity index (χ1v) is 7.39. The van der Waals surface area contributed by atoms with Crippen LogP contribution in [-0.4, -0.2) is 55.2 Å². The van der Waals surface area contributed by atoms with E-state index in [1.165, 1.54) is 0 Å². The second-order valence-corrected chi connectivity index (χ2v) is 6.43. The molecule has 1 rings (SSSR count). The van der Waals surface area contributed by atoms with Gasteiger partial charge in [0, 0.05) is 18.3 Å². The summed E-state index contributed by atoms with van der Waals surface area (Å²) in [5, 5.41) is 0.502. The van der Waals surface area contributed by atoms with Crippen molar-refractivity contribution >= 4 is 41.7 Å². The highest BCUT2D eigenvalue weighted by Gasteiger charge is 2.23. The van der Waals surface area contributed by atoms with Crippen LogP contribution in [0.5, 0.6) is 0 Å². The summed E-state index contributed by atoms with van der Waals surface area (Å²) in [6.45, 7) is 10.7. The lowest BCUT2D eigenvalue weighted by Gasteiger charge is -2.30. The average molecular weight is 387 g/mol. The lowest BCUT2D eigenvalue weighted by molar-refractivity contribution is 0.0674. The van der Waals surface area contributed by atoms with E-state index in [4.69, 9.17) is 10.5 Å². The van der Waals surface area contributed by atoms with Gasteiger partial charge in [-0.25, -0.2) is 0 Å². The van der Waals surface area contributed by atoms with Gasteiger partial charge in [0.15, 0.2) is 5.96 Å². The number of guanidine groups is 1. The summed E-state index contributed by atoms with van der Waals surface area (Å²) in [7, 11) is 0. The third-order valence-corrected chi connectivity index (χ3v) is 4.43. The van der Waals surface area contributed by atoms with Gasteiger partial charge in [-0.2, -0.15) is 11.8 Å². The van der Waals surface area contributed by atoms with Crippen LogP contribution < -0.4 is 5.73 Å². The van der Waals surface area contributed by atoms with Crippen LogP contribution in [0.1, 0.15) is 20.8 Å². The number of ether oxygens (including phenoxy) is 1. The lowest BCUT2D eigenvalue weighted by Crippen LogP contribution is -2.45. The first-order chi connectivity index (χ1) is 7.95. The zero-order valence-corrected chi connectivity index (χ0v) is 15.0. The SMILES string of the molecule is CSC(CN=C(N)N1CCOCC1)C(C)(C)C.I. The fraction of sp³-hybridized carbons (Fsp3) is 0.917. The predicted molar refractivity (Wildman–Crippen MR) is 91.1 cm³/mol. The van der Waals surface area contributed by atoms with Crippen molar-refractivity contribution in [3.8, 4) is 0 Å². The predicted octanol–water partition coefficient (Wildman–Crippen LogP) is 2.03. The van der Waals surface area contributed by atoms with Gasteiger partial charge >= 0.3 is 0 Å². The first-order valence-electron chi connectivity index (χ1n) is 6.10. The lowest BCUT2D eigenvalue weighted by atomic mass is 9.92. The van der Waals surface area contributed by atoms with Gasteiger partial charge in [-0.3, -0.25) is 4.99 Å². The quantitative estimate of drug-likeness (QED) is 0.458. The van der Waals surface area contributed by atoms with E-state index >= 15 is 0 Å². The van der Waals surface area contributed by atoms with Crippen LogP contribution >= 0.6 is 35.7 Å². The summed E-state index contributed by atoms with van der Waals surface area (Å²) in [6.07, 6.45) is 2.14. The molecule has 1 atom stereocenters. The van der Waals surface area contributed by atoms with E-state index in [9.17, 15) is 0 Å². The molecule has 1 fully saturated rings. The van der Waals surface area contributed by atoms with Crippen molar-refractivity contribution in [1.82, 2.24) is 4.90 Å². The van der Waals surface area contributed by atoms with E-state index < -0.39 is 0 Å². The van der Waals surface area contributed by atoms with Gasteiger partial charge in [0.25, 0.3) is 0 Å². The molecule has 0 spiro atoms. The van der Waals surface area contributed by atoms with Crippen LogP contribution in [0.2, 0.25) is 0 Å². The molecule has 0 radical (unpaired) electrons. The van der Waals surface area contributed by atoms with Gasteiger partial charge in [-0.15, -0.1) is 24.0 Å². The van der Waals surface area contributed by atoms with Crippen LogP contribution in [0.15, 0.2) is 4.99 Å². The maximum absolute atomic E-state index is 6.01. The van der Waals surface area contributed by atoms with Crippen molar-refractivity contribution < 1.29 is 4.74 Å². The number of nitrogens with zero attached hydrogens (tertiary/aromatic N) is 2. The Morgan fingerprint density at radius 2 is 1.94 bits per heavy atom. The second kappa shape index (κ2) is 8.47. The second-order valence-electron chi connectivity index (χ2n) is 5.39. The molecule has 0 saturated carbocycles. The Morgan fingerprint density at radius 1 is 1.39 bits per heavy atom. The molecule has 108 valence electrons. The highest BCUT2D eigenvalue weighted by atomic mass is 127. The molecule has 1 heterocycles. The molecule has 6 heteroatoms. The minimum absolute atomic E-state index is 0. The summed E-state index contributed by atoms with van der Waals surface area (Å²) >= 11 is 1.86. The summed E-state index contributed by atoms with van der Waals surface area (Å²) in [5.41, 5.74) is 6.26. The summed E-state index contributed by atoms with van der Waals surface area (Å²) < 4.78 is 5.29. The number of nitrogens with two attached hydrogens (primary N) is 1. The van der Waals surface area contributed by atoms with Crippen LogP contribution in [-0.2, 0) is 4.74 Å². The molecule has 2 N–H and O–H groups in total. The minimum atomic E-state index is 0. The molecule has 0 aromatic rings. The van der Waals surface area contributed by atoms with Gasteiger partial charge < -0.3 is 15.4 Å². The van der Waals surface area contributed by atoms with Gasteiger partial charge in [0.05, 0.1) is 19.8 Å². The third kappa shape index (κ3) is 5.97. The topological polar surface area (TPSA) is 50.8 Å². The first kappa shape index (κ1) is 18.3. The average Bonchev–Trinajstić information content (AvgIpc) is 2.29. The fourth-order valence-electron chi connectivity index (χ4n) is 1.77. The summed E-state index contributed by atoms with van der Waals surface area (Å²) in [4.78, 5) is 6.63. The molecule has 1 unspecified atom stereocenters. The maximum Gasteiger partial charge on any atom is 0.191 e. The van der Waals surface area contributed by atoms with E-state index in [1.54, 1.807) is 0 Å². The normalized spacial score (nSPS) is 19.3. The molecule has 0 aromatic heterocycles. The molecule has 18 heavy (non-hydrogen) atoms. The Labute approximate surface area is 132 Å². The number of rotatable bonds is 3. The minimum Gasteiger partial charge on any atom is -0.378 e. The van der Waals surface area contributed by atoms with Crippen molar-refractivity contribution in [2.45, 2.75) is 26.0 Å². The van der Waals surface area contributed by atoms with Gasteiger partial charge in [-0.05, 0) is 11.7 Å². The van der Waals surface area contributed by atoms with E-state index in [0.717, 1.165) is 32.8 Å². The Hall–Kier alpha value is 0.310. The van der Waals surface area contributed by atoms with Crippen molar-refractivity contribution in [2.24, 2.45) is 16.1 Å². The van der Waals surface area contributed by atoms with Gasteiger partial charge in [-0.1, -0.05) is 20.8 Å². The molecule has 4 nitrogen and oxygen atoms in total. The largest absolute Gasteiger partial charge is 0.378 e. The molecule has 0 aliphatic carbocycles. The zero-order chi connectivity index (χ0) is 12.9. The van der Waals surface area contributed by atoms with Gasteiger partial charge in [0.2, 0.25) is 0 Å². The zero-order valence-electron chi connectivity index (χ0n) is 11.8. The molecular weight excluding hydrogens is 361 g/mol. The number of thioether (sulfide) groups is 1. The van der Waals surface area contributed by atoms with Crippen LogP contribution in [0, 0.1) is 5.41 Å². The number of hydrogen-bond acceptors (Lipinski definition) is 3. The third-order valence-electron chi connectivity index (χ3n) is 3.00. The Balaban J connectivity index is 0.00000289. The number of halogens is 1. The number of aliphatic imine (C=N–C) groups is 1. The molecule has 0 bridgehead atoms. The number of hydrogen-bond donors (Lipinski definition) is 1. The number of morpholine rings is 1. The molecule has 0 aromatic carbocycles. The van der Waals surface area contributed by atoms with E-state index in [0.29, 0.717) is 11.2 Å². The Kier molecular flexibility index (Phi) is 8.62. The monoisotopic (exact) mass is 387 g/mol. The van der Waals surface area contributed by atoms with E-state index in [-0.39, 0.29) is 29.4 Å². The molecule has 1 saturated heterocycles. The smallest absolute Gasteiger partial charge is 0.191 e. The van der Waals surface area contributed by atoms with Gasteiger partial charge in [0.1, 0.15) is 0 Å². The molecule has 1 aliphatic rings. The molecular formula is C12H26IN3OS. The maximum atomic E-state index is 6.01. The van der Waals surface area contributed by atoms with Crippen LogP contribution in [0.3, 0.4) is 0 Å². The Morgan fingerprint density at radius 3 is 2.39 bits per heavy atom. The Bertz CT molecular complexity index is 263. The van der Waals surface area contributed by atoms with Crippen molar-refractivity contribution in [3.05, 3.63) is 0 Å². The highest BCUT2D eigenvalue weighted by molar-refractivity contribution is 14.0. The van der Waals surface area contributed by atoms with E-state index in [1.807, 2.05) is 11.8 Å². The van der Waals surface area contributed by atoms with Crippen LogP contribution in [0.25, 0.3) is 0 Å².